The first-order valence-corrected chi connectivity index (χ1v) is 8.14. The maximum Gasteiger partial charge on any atom is 0.163 e. The van der Waals surface area contributed by atoms with Crippen molar-refractivity contribution in [3.05, 3.63) is 108 Å². The van der Waals surface area contributed by atoms with Crippen LogP contribution in [0.2, 0.25) is 0 Å². The van der Waals surface area contributed by atoms with Crippen LogP contribution in [0.4, 0.5) is 5.69 Å². The highest BCUT2D eigenvalue weighted by atomic mass is 16.5. The van der Waals surface area contributed by atoms with E-state index in [4.69, 9.17) is 10.5 Å². The zero-order valence-electron chi connectivity index (χ0n) is 13.4. The Kier molecular flexibility index (Phi) is 3.58. The summed E-state index contributed by atoms with van der Waals surface area (Å²) in [7, 11) is 0. The van der Waals surface area contributed by atoms with Crippen LogP contribution in [-0.2, 0) is 10.3 Å². The zero-order chi connectivity index (χ0) is 16.4. The van der Waals surface area contributed by atoms with E-state index < -0.39 is 5.60 Å². The fraction of sp³-hybridized carbons (Fsp3) is 0.0909. The van der Waals surface area contributed by atoms with Crippen LogP contribution in [0.1, 0.15) is 23.1 Å². The second kappa shape index (κ2) is 5.89. The molecule has 1 heterocycles. The molecule has 0 saturated carbocycles. The summed E-state index contributed by atoms with van der Waals surface area (Å²) < 4.78 is 6.57. The molecule has 2 nitrogen and oxygen atoms in total. The van der Waals surface area contributed by atoms with E-state index >= 15 is 0 Å². The molecule has 0 fully saturated rings. The van der Waals surface area contributed by atoms with Crippen LogP contribution in [0.15, 0.2) is 91.0 Å². The number of benzene rings is 3. The third-order valence-corrected chi connectivity index (χ3v) is 4.53. The molecule has 3 aromatic carbocycles. The lowest BCUT2D eigenvalue weighted by atomic mass is 9.84. The van der Waals surface area contributed by atoms with Gasteiger partial charge in [-0.2, -0.15) is 0 Å². The van der Waals surface area contributed by atoms with Crippen LogP contribution in [0.3, 0.4) is 0 Å². The lowest BCUT2D eigenvalue weighted by Gasteiger charge is -2.31. The Balaban J connectivity index is 1.78. The van der Waals surface area contributed by atoms with Crippen molar-refractivity contribution in [2.75, 3.05) is 5.73 Å². The molecule has 1 aliphatic heterocycles. The van der Waals surface area contributed by atoms with Crippen LogP contribution >= 0.6 is 0 Å². The molecular formula is C22H19NO. The van der Waals surface area contributed by atoms with Crippen molar-refractivity contribution in [3.8, 4) is 0 Å². The van der Waals surface area contributed by atoms with Gasteiger partial charge >= 0.3 is 0 Å². The van der Waals surface area contributed by atoms with E-state index in [0.29, 0.717) is 0 Å². The van der Waals surface area contributed by atoms with Gasteiger partial charge in [-0.05, 0) is 18.2 Å². The number of rotatable bonds is 3. The number of ether oxygens (including phenoxy) is 1. The van der Waals surface area contributed by atoms with E-state index in [1.165, 1.54) is 0 Å². The van der Waals surface area contributed by atoms with Crippen molar-refractivity contribution in [1.29, 1.82) is 0 Å². The summed E-state index contributed by atoms with van der Waals surface area (Å²) in [6.07, 6.45) is 2.98. The highest BCUT2D eigenvalue weighted by Gasteiger charge is 2.40. The van der Waals surface area contributed by atoms with Gasteiger partial charge in [-0.1, -0.05) is 72.8 Å². The Morgan fingerprint density at radius 2 is 1.29 bits per heavy atom. The molecule has 118 valence electrons. The van der Waals surface area contributed by atoms with Crippen LogP contribution in [0.25, 0.3) is 5.76 Å². The highest BCUT2D eigenvalue weighted by molar-refractivity contribution is 5.64. The minimum Gasteiger partial charge on any atom is -0.477 e. The van der Waals surface area contributed by atoms with E-state index in [2.05, 4.69) is 54.6 Å². The van der Waals surface area contributed by atoms with Crippen molar-refractivity contribution in [2.45, 2.75) is 12.0 Å². The van der Waals surface area contributed by atoms with E-state index in [0.717, 1.165) is 34.6 Å². The maximum absolute atomic E-state index is 6.57. The Morgan fingerprint density at radius 3 is 1.96 bits per heavy atom. The fourth-order valence-corrected chi connectivity index (χ4v) is 3.27. The van der Waals surface area contributed by atoms with Gasteiger partial charge in [0.25, 0.3) is 0 Å². The quantitative estimate of drug-likeness (QED) is 0.693. The summed E-state index contributed by atoms with van der Waals surface area (Å²) in [5.74, 6) is 0.927. The first-order chi connectivity index (χ1) is 11.8. The number of hydrogen-bond acceptors (Lipinski definition) is 2. The number of nitrogen functional groups attached to an aromatic ring is 1. The molecule has 0 spiro atoms. The predicted molar refractivity (Wildman–Crippen MR) is 98.2 cm³/mol. The largest absolute Gasteiger partial charge is 0.477 e. The van der Waals surface area contributed by atoms with E-state index in [1.807, 2.05) is 36.4 Å². The Bertz CT molecular complexity index is 853. The molecule has 2 heteroatoms. The van der Waals surface area contributed by atoms with E-state index in [-0.39, 0.29) is 0 Å². The van der Waals surface area contributed by atoms with Gasteiger partial charge in [0, 0.05) is 28.8 Å². The summed E-state index contributed by atoms with van der Waals surface area (Å²) >= 11 is 0. The molecule has 24 heavy (non-hydrogen) atoms. The standard InChI is InChI=1S/C22H19NO/c23-20-13-11-19(12-14-20)22(18-9-5-2-6-10-18)16-15-21(24-22)17-7-3-1-4-8-17/h1-15H,16,23H2. The Labute approximate surface area is 142 Å². The summed E-state index contributed by atoms with van der Waals surface area (Å²) in [4.78, 5) is 0. The van der Waals surface area contributed by atoms with Crippen molar-refractivity contribution in [2.24, 2.45) is 0 Å². The average Bonchev–Trinajstić information content (AvgIpc) is 3.10. The third-order valence-electron chi connectivity index (χ3n) is 4.53. The van der Waals surface area contributed by atoms with Gasteiger partial charge in [0.05, 0.1) is 0 Å². The van der Waals surface area contributed by atoms with Crippen LogP contribution < -0.4 is 5.73 Å². The van der Waals surface area contributed by atoms with Gasteiger partial charge in [0.15, 0.2) is 5.60 Å². The molecule has 0 amide bonds. The Morgan fingerprint density at radius 1 is 0.708 bits per heavy atom. The van der Waals surface area contributed by atoms with Crippen molar-refractivity contribution < 1.29 is 4.74 Å². The third kappa shape index (κ3) is 2.46. The number of nitrogens with two attached hydrogens (primary N) is 1. The number of anilines is 1. The SMILES string of the molecule is Nc1ccc(C2(c3ccccc3)CC=C(c3ccccc3)O2)cc1. The van der Waals surface area contributed by atoms with Gasteiger partial charge in [0.1, 0.15) is 5.76 Å². The monoisotopic (exact) mass is 313 g/mol. The molecular weight excluding hydrogens is 294 g/mol. The molecule has 0 aliphatic carbocycles. The van der Waals surface area contributed by atoms with Gasteiger partial charge in [-0.15, -0.1) is 0 Å². The number of hydrogen-bond donors (Lipinski definition) is 1. The van der Waals surface area contributed by atoms with E-state index in [9.17, 15) is 0 Å². The molecule has 0 radical (unpaired) electrons. The predicted octanol–water partition coefficient (Wildman–Crippen LogP) is 4.97. The Hall–Kier alpha value is -3.00. The summed E-state index contributed by atoms with van der Waals surface area (Å²) in [6.45, 7) is 0. The molecule has 4 rings (SSSR count). The van der Waals surface area contributed by atoms with Crippen LogP contribution in [0.5, 0.6) is 0 Å². The lowest BCUT2D eigenvalue weighted by molar-refractivity contribution is 0.101. The molecule has 0 aromatic heterocycles. The van der Waals surface area contributed by atoms with Gasteiger partial charge in [-0.3, -0.25) is 0 Å². The van der Waals surface area contributed by atoms with Crippen molar-refractivity contribution >= 4 is 11.4 Å². The van der Waals surface area contributed by atoms with Crippen molar-refractivity contribution in [3.63, 3.8) is 0 Å². The summed E-state index contributed by atoms with van der Waals surface area (Å²) in [6, 6.07) is 28.6. The fourth-order valence-electron chi connectivity index (χ4n) is 3.27. The lowest BCUT2D eigenvalue weighted by Crippen LogP contribution is -2.27. The second-order valence-corrected chi connectivity index (χ2v) is 6.06. The molecule has 1 unspecified atom stereocenters. The second-order valence-electron chi connectivity index (χ2n) is 6.06. The summed E-state index contributed by atoms with van der Waals surface area (Å²) in [5.41, 5.74) is 9.50. The normalized spacial score (nSPS) is 19.6. The topological polar surface area (TPSA) is 35.2 Å². The van der Waals surface area contributed by atoms with Gasteiger partial charge < -0.3 is 10.5 Å². The molecule has 0 bridgehead atoms. The van der Waals surface area contributed by atoms with Crippen LogP contribution in [-0.4, -0.2) is 0 Å². The van der Waals surface area contributed by atoms with Crippen LogP contribution in [0, 0.1) is 0 Å². The smallest absolute Gasteiger partial charge is 0.163 e. The molecule has 3 aromatic rings. The zero-order valence-corrected chi connectivity index (χ0v) is 13.4. The summed E-state index contributed by atoms with van der Waals surface area (Å²) in [5, 5.41) is 0. The molecule has 2 N–H and O–H groups in total. The molecule has 1 aliphatic rings. The first kappa shape index (κ1) is 14.6. The minimum absolute atomic E-state index is 0.500. The average molecular weight is 313 g/mol. The van der Waals surface area contributed by atoms with Crippen molar-refractivity contribution in [1.82, 2.24) is 0 Å². The highest BCUT2D eigenvalue weighted by Crippen LogP contribution is 2.46. The maximum atomic E-state index is 6.57. The molecule has 1 atom stereocenters. The molecule has 0 saturated heterocycles. The van der Waals surface area contributed by atoms with E-state index in [1.54, 1.807) is 0 Å². The first-order valence-electron chi connectivity index (χ1n) is 8.14. The van der Waals surface area contributed by atoms with Gasteiger partial charge in [-0.25, -0.2) is 0 Å². The minimum atomic E-state index is -0.500. The van der Waals surface area contributed by atoms with Gasteiger partial charge in [0.2, 0.25) is 0 Å².